The molecular weight excluding hydrogens is 239 g/mol. The highest BCUT2D eigenvalue weighted by Crippen LogP contribution is 2.24. The molecule has 2 rings (SSSR count). The molecular formula is C12H15FN2OS. The number of anilines is 1. The number of carbonyl (C=O) groups is 1. The summed E-state index contributed by atoms with van der Waals surface area (Å²) in [5.41, 5.74) is 5.79. The van der Waals surface area contributed by atoms with Crippen molar-refractivity contribution in [3.8, 4) is 0 Å². The molecule has 0 bridgehead atoms. The van der Waals surface area contributed by atoms with E-state index in [9.17, 15) is 9.18 Å². The molecule has 1 fully saturated rings. The number of rotatable bonds is 2. The number of para-hydroxylation sites is 1. The van der Waals surface area contributed by atoms with Gasteiger partial charge < -0.3 is 10.6 Å². The number of amides is 1. The van der Waals surface area contributed by atoms with Crippen LogP contribution < -0.4 is 5.73 Å². The van der Waals surface area contributed by atoms with Crippen LogP contribution in [0.3, 0.4) is 0 Å². The standard InChI is InChI=1S/C12H15FN2OS/c1-15(8-5-6-17-7-8)12(16)9-3-2-4-10(13)11(9)14/h2-4,8H,5-7,14H2,1H3. The third-order valence-electron chi connectivity index (χ3n) is 3.06. The van der Waals surface area contributed by atoms with E-state index >= 15 is 0 Å². The Labute approximate surface area is 104 Å². The van der Waals surface area contributed by atoms with Gasteiger partial charge in [0.15, 0.2) is 0 Å². The van der Waals surface area contributed by atoms with E-state index in [4.69, 9.17) is 5.73 Å². The van der Waals surface area contributed by atoms with E-state index in [2.05, 4.69) is 0 Å². The molecule has 0 radical (unpaired) electrons. The summed E-state index contributed by atoms with van der Waals surface area (Å²) in [6.45, 7) is 0. The third-order valence-corrected chi connectivity index (χ3v) is 4.20. The van der Waals surface area contributed by atoms with Gasteiger partial charge in [0, 0.05) is 18.8 Å². The first-order valence-corrected chi connectivity index (χ1v) is 6.65. The molecule has 92 valence electrons. The van der Waals surface area contributed by atoms with E-state index in [1.807, 2.05) is 11.8 Å². The molecule has 0 saturated carbocycles. The lowest BCUT2D eigenvalue weighted by atomic mass is 10.1. The number of halogens is 1. The highest BCUT2D eigenvalue weighted by molar-refractivity contribution is 7.99. The second-order valence-electron chi connectivity index (χ2n) is 4.13. The van der Waals surface area contributed by atoms with Crippen LogP contribution in [0, 0.1) is 5.82 Å². The Balaban J connectivity index is 2.21. The minimum Gasteiger partial charge on any atom is -0.396 e. The maximum atomic E-state index is 13.3. The van der Waals surface area contributed by atoms with Crippen molar-refractivity contribution in [2.24, 2.45) is 0 Å². The highest BCUT2D eigenvalue weighted by atomic mass is 32.2. The molecule has 1 heterocycles. The Kier molecular flexibility index (Phi) is 3.57. The zero-order chi connectivity index (χ0) is 12.4. The monoisotopic (exact) mass is 254 g/mol. The lowest BCUT2D eigenvalue weighted by Crippen LogP contribution is -2.37. The van der Waals surface area contributed by atoms with E-state index in [0.717, 1.165) is 17.9 Å². The summed E-state index contributed by atoms with van der Waals surface area (Å²) < 4.78 is 13.3. The van der Waals surface area contributed by atoms with Crippen LogP contribution in [-0.4, -0.2) is 35.4 Å². The summed E-state index contributed by atoms with van der Waals surface area (Å²) in [6.07, 6.45) is 0.988. The molecule has 1 aliphatic heterocycles. The van der Waals surface area contributed by atoms with E-state index < -0.39 is 5.82 Å². The molecule has 3 nitrogen and oxygen atoms in total. The Morgan fingerprint density at radius 1 is 1.59 bits per heavy atom. The van der Waals surface area contributed by atoms with Crippen molar-refractivity contribution in [3.63, 3.8) is 0 Å². The maximum Gasteiger partial charge on any atom is 0.256 e. The minimum absolute atomic E-state index is 0.0602. The van der Waals surface area contributed by atoms with Crippen molar-refractivity contribution in [2.45, 2.75) is 12.5 Å². The van der Waals surface area contributed by atoms with Gasteiger partial charge in [-0.15, -0.1) is 0 Å². The molecule has 17 heavy (non-hydrogen) atoms. The van der Waals surface area contributed by atoms with Crippen LogP contribution in [0.25, 0.3) is 0 Å². The zero-order valence-electron chi connectivity index (χ0n) is 9.65. The molecule has 1 aromatic rings. The SMILES string of the molecule is CN(C(=O)c1cccc(F)c1N)C1CCSC1. The number of nitrogens with two attached hydrogens (primary N) is 1. The van der Waals surface area contributed by atoms with Gasteiger partial charge in [-0.2, -0.15) is 11.8 Å². The van der Waals surface area contributed by atoms with Crippen LogP contribution in [0.2, 0.25) is 0 Å². The Hall–Kier alpha value is -1.23. The molecule has 1 saturated heterocycles. The molecule has 1 atom stereocenters. The number of hydrogen-bond donors (Lipinski definition) is 1. The van der Waals surface area contributed by atoms with Crippen molar-refractivity contribution in [1.29, 1.82) is 0 Å². The zero-order valence-corrected chi connectivity index (χ0v) is 10.5. The fourth-order valence-electron chi connectivity index (χ4n) is 1.91. The van der Waals surface area contributed by atoms with E-state index in [1.54, 1.807) is 18.0 Å². The van der Waals surface area contributed by atoms with Gasteiger partial charge in [-0.1, -0.05) is 6.07 Å². The third kappa shape index (κ3) is 2.39. The van der Waals surface area contributed by atoms with Crippen molar-refractivity contribution >= 4 is 23.4 Å². The fourth-order valence-corrected chi connectivity index (χ4v) is 3.17. The number of nitrogen functional groups attached to an aromatic ring is 1. The van der Waals surface area contributed by atoms with Gasteiger partial charge in [0.05, 0.1) is 11.3 Å². The first kappa shape index (κ1) is 12.2. The average Bonchev–Trinajstić information content (AvgIpc) is 2.84. The first-order chi connectivity index (χ1) is 8.11. The number of hydrogen-bond acceptors (Lipinski definition) is 3. The number of carbonyl (C=O) groups excluding carboxylic acids is 1. The van der Waals surface area contributed by atoms with Crippen molar-refractivity contribution in [2.75, 3.05) is 24.3 Å². The molecule has 0 aliphatic carbocycles. The molecule has 1 amide bonds. The summed E-state index contributed by atoms with van der Waals surface area (Å²) in [5.74, 6) is 1.28. The van der Waals surface area contributed by atoms with Crippen LogP contribution in [0.4, 0.5) is 10.1 Å². The van der Waals surface area contributed by atoms with Crippen LogP contribution in [-0.2, 0) is 0 Å². The van der Waals surface area contributed by atoms with Crippen molar-refractivity contribution in [1.82, 2.24) is 4.90 Å². The maximum absolute atomic E-state index is 13.3. The number of nitrogens with zero attached hydrogens (tertiary/aromatic N) is 1. The molecule has 5 heteroatoms. The quantitative estimate of drug-likeness (QED) is 0.821. The molecule has 0 aromatic heterocycles. The van der Waals surface area contributed by atoms with Crippen LogP contribution in [0.5, 0.6) is 0 Å². The summed E-state index contributed by atoms with van der Waals surface area (Å²) >= 11 is 1.83. The second-order valence-corrected chi connectivity index (χ2v) is 5.28. The van der Waals surface area contributed by atoms with Crippen molar-refractivity contribution in [3.05, 3.63) is 29.6 Å². The lowest BCUT2D eigenvalue weighted by Gasteiger charge is -2.24. The summed E-state index contributed by atoms with van der Waals surface area (Å²) in [6, 6.07) is 4.57. The van der Waals surface area contributed by atoms with Gasteiger partial charge >= 0.3 is 0 Å². The lowest BCUT2D eigenvalue weighted by molar-refractivity contribution is 0.0748. The predicted molar refractivity (Wildman–Crippen MR) is 68.6 cm³/mol. The highest BCUT2D eigenvalue weighted by Gasteiger charge is 2.26. The predicted octanol–water partition coefficient (Wildman–Crippen LogP) is 1.99. The Morgan fingerprint density at radius 3 is 3.00 bits per heavy atom. The fraction of sp³-hybridized carbons (Fsp3) is 0.417. The Morgan fingerprint density at radius 2 is 2.35 bits per heavy atom. The molecule has 0 spiro atoms. The molecule has 2 N–H and O–H groups in total. The van der Waals surface area contributed by atoms with Gasteiger partial charge in [-0.3, -0.25) is 4.79 Å². The van der Waals surface area contributed by atoms with E-state index in [0.29, 0.717) is 0 Å². The summed E-state index contributed by atoms with van der Waals surface area (Å²) in [7, 11) is 1.75. The number of benzene rings is 1. The normalized spacial score (nSPS) is 19.3. The van der Waals surface area contributed by atoms with Gasteiger partial charge in [0.1, 0.15) is 5.82 Å². The molecule has 1 aliphatic rings. The van der Waals surface area contributed by atoms with Crippen LogP contribution in [0.15, 0.2) is 18.2 Å². The second kappa shape index (κ2) is 4.96. The van der Waals surface area contributed by atoms with Crippen molar-refractivity contribution < 1.29 is 9.18 Å². The van der Waals surface area contributed by atoms with Gasteiger partial charge in [0.25, 0.3) is 5.91 Å². The van der Waals surface area contributed by atoms with E-state index in [1.165, 1.54) is 12.1 Å². The smallest absolute Gasteiger partial charge is 0.256 e. The Bertz CT molecular complexity index is 433. The topological polar surface area (TPSA) is 46.3 Å². The molecule has 1 aromatic carbocycles. The molecule has 1 unspecified atom stereocenters. The van der Waals surface area contributed by atoms with Gasteiger partial charge in [0.2, 0.25) is 0 Å². The number of thioether (sulfide) groups is 1. The summed E-state index contributed by atoms with van der Waals surface area (Å²) in [4.78, 5) is 13.8. The largest absolute Gasteiger partial charge is 0.396 e. The van der Waals surface area contributed by atoms with Gasteiger partial charge in [-0.05, 0) is 24.3 Å². The van der Waals surface area contributed by atoms with Crippen LogP contribution >= 0.6 is 11.8 Å². The van der Waals surface area contributed by atoms with Crippen LogP contribution in [0.1, 0.15) is 16.8 Å². The minimum atomic E-state index is -0.537. The van der Waals surface area contributed by atoms with Gasteiger partial charge in [-0.25, -0.2) is 4.39 Å². The average molecular weight is 254 g/mol. The van der Waals surface area contributed by atoms with E-state index in [-0.39, 0.29) is 23.2 Å². The first-order valence-electron chi connectivity index (χ1n) is 5.50. The summed E-state index contributed by atoms with van der Waals surface area (Å²) in [5, 5.41) is 0.